The van der Waals surface area contributed by atoms with Crippen LogP contribution < -0.4 is 0 Å². The molecule has 3 rings (SSSR count). The molecule has 0 radical (unpaired) electrons. The highest BCUT2D eigenvalue weighted by Crippen LogP contribution is 2.32. The molecule has 1 N–H and O–H groups in total. The van der Waals surface area contributed by atoms with Gasteiger partial charge in [-0.2, -0.15) is 0 Å². The number of aliphatic hydroxyl groups is 1. The molecule has 4 heteroatoms. The van der Waals surface area contributed by atoms with E-state index in [0.29, 0.717) is 21.4 Å². The third-order valence-corrected chi connectivity index (χ3v) is 3.69. The summed E-state index contributed by atoms with van der Waals surface area (Å²) in [6, 6.07) is 13.4. The Bertz CT molecular complexity index is 703. The summed E-state index contributed by atoms with van der Waals surface area (Å²) in [5.74, 6) is 0.000797. The number of hydrogen-bond acceptors (Lipinski definition) is 2. The molecule has 1 heterocycles. The lowest BCUT2D eigenvalue weighted by Crippen LogP contribution is -1.99. The third-order valence-electron chi connectivity index (χ3n) is 2.97. The number of benzene rings is 2. The van der Waals surface area contributed by atoms with E-state index in [2.05, 4.69) is 15.9 Å². The minimum atomic E-state index is -1.00. The van der Waals surface area contributed by atoms with Gasteiger partial charge in [0.25, 0.3) is 0 Å². The average Bonchev–Trinajstić information content (AvgIpc) is 2.84. The van der Waals surface area contributed by atoms with Crippen molar-refractivity contribution in [3.05, 3.63) is 70.1 Å². The summed E-state index contributed by atoms with van der Waals surface area (Å²) >= 11 is 3.30. The highest BCUT2D eigenvalue weighted by atomic mass is 79.9. The van der Waals surface area contributed by atoms with Crippen molar-refractivity contribution in [3.63, 3.8) is 0 Å². The Morgan fingerprint density at radius 1 is 1.11 bits per heavy atom. The first kappa shape index (κ1) is 12.4. The quantitative estimate of drug-likeness (QED) is 0.758. The normalized spacial score (nSPS) is 12.8. The summed E-state index contributed by atoms with van der Waals surface area (Å²) in [5, 5.41) is 11.2. The third kappa shape index (κ3) is 2.29. The summed E-state index contributed by atoms with van der Waals surface area (Å²) in [7, 11) is 0. The van der Waals surface area contributed by atoms with Crippen molar-refractivity contribution in [2.75, 3.05) is 0 Å². The molecule has 96 valence electrons. The van der Waals surface area contributed by atoms with E-state index in [9.17, 15) is 9.50 Å². The van der Waals surface area contributed by atoms with Gasteiger partial charge in [0, 0.05) is 15.4 Å². The largest absolute Gasteiger partial charge is 0.458 e. The molecule has 1 aromatic heterocycles. The Kier molecular flexibility index (Phi) is 3.12. The molecule has 1 atom stereocenters. The number of fused-ring (bicyclic) bond motifs is 1. The molecule has 0 aliphatic rings. The molecular formula is C15H10BrFO2. The Hall–Kier alpha value is -1.65. The molecule has 0 fully saturated rings. The van der Waals surface area contributed by atoms with Crippen molar-refractivity contribution in [1.29, 1.82) is 0 Å². The van der Waals surface area contributed by atoms with Crippen LogP contribution in [0, 0.1) is 5.82 Å². The van der Waals surface area contributed by atoms with Crippen molar-refractivity contribution in [2.24, 2.45) is 0 Å². The second-order valence-electron chi connectivity index (χ2n) is 4.25. The summed E-state index contributed by atoms with van der Waals surface area (Å²) in [5.41, 5.74) is 1.14. The molecule has 0 amide bonds. The fraction of sp³-hybridized carbons (Fsp3) is 0.0667. The molecule has 0 saturated heterocycles. The predicted octanol–water partition coefficient (Wildman–Crippen LogP) is 4.42. The summed E-state index contributed by atoms with van der Waals surface area (Å²) in [6.45, 7) is 0. The van der Waals surface area contributed by atoms with Gasteiger partial charge < -0.3 is 9.52 Å². The van der Waals surface area contributed by atoms with E-state index in [1.54, 1.807) is 12.1 Å². The number of furan rings is 1. The lowest BCUT2D eigenvalue weighted by Gasteiger charge is -2.10. The van der Waals surface area contributed by atoms with Crippen LogP contribution >= 0.6 is 15.9 Å². The van der Waals surface area contributed by atoms with E-state index in [-0.39, 0.29) is 0 Å². The Labute approximate surface area is 117 Å². The van der Waals surface area contributed by atoms with Crippen molar-refractivity contribution in [3.8, 4) is 0 Å². The van der Waals surface area contributed by atoms with Gasteiger partial charge in [0.15, 0.2) is 0 Å². The lowest BCUT2D eigenvalue weighted by molar-refractivity contribution is 0.191. The van der Waals surface area contributed by atoms with Crippen LogP contribution in [0.2, 0.25) is 0 Å². The van der Waals surface area contributed by atoms with Crippen molar-refractivity contribution < 1.29 is 13.9 Å². The second kappa shape index (κ2) is 4.79. The van der Waals surface area contributed by atoms with Crippen LogP contribution in [0.1, 0.15) is 17.4 Å². The van der Waals surface area contributed by atoms with Crippen molar-refractivity contribution in [1.82, 2.24) is 0 Å². The van der Waals surface area contributed by atoms with Crippen LogP contribution in [0.5, 0.6) is 0 Å². The first-order valence-electron chi connectivity index (χ1n) is 5.76. The number of halogens is 2. The maximum Gasteiger partial charge on any atom is 0.138 e. The first-order chi connectivity index (χ1) is 9.15. The van der Waals surface area contributed by atoms with Gasteiger partial charge in [-0.25, -0.2) is 4.39 Å². The number of rotatable bonds is 2. The van der Waals surface area contributed by atoms with Crippen molar-refractivity contribution in [2.45, 2.75) is 6.10 Å². The van der Waals surface area contributed by atoms with Gasteiger partial charge >= 0.3 is 0 Å². The Morgan fingerprint density at radius 3 is 2.68 bits per heavy atom. The van der Waals surface area contributed by atoms with Crippen LogP contribution in [0.15, 0.2) is 57.4 Å². The van der Waals surface area contributed by atoms with E-state index < -0.39 is 11.9 Å². The molecule has 0 spiro atoms. The van der Waals surface area contributed by atoms with E-state index in [4.69, 9.17) is 4.42 Å². The lowest BCUT2D eigenvalue weighted by atomic mass is 10.1. The minimum absolute atomic E-state index is 0.395. The van der Waals surface area contributed by atoms with Crippen LogP contribution in [0.4, 0.5) is 4.39 Å². The maximum atomic E-state index is 13.3. The molecular weight excluding hydrogens is 311 g/mol. The van der Waals surface area contributed by atoms with Gasteiger partial charge in [-0.1, -0.05) is 34.1 Å². The molecule has 2 nitrogen and oxygen atoms in total. The number of aliphatic hydroxyl groups excluding tert-OH is 1. The summed E-state index contributed by atoms with van der Waals surface area (Å²) < 4.78 is 19.5. The molecule has 19 heavy (non-hydrogen) atoms. The highest BCUT2D eigenvalue weighted by molar-refractivity contribution is 9.10. The van der Waals surface area contributed by atoms with Crippen LogP contribution in [-0.4, -0.2) is 5.11 Å². The van der Waals surface area contributed by atoms with Crippen LogP contribution in [0.25, 0.3) is 11.0 Å². The zero-order valence-electron chi connectivity index (χ0n) is 9.81. The SMILES string of the molecule is OC(c1cc2ccccc2o1)c1cc(F)ccc1Br. The molecule has 2 aromatic carbocycles. The van der Waals surface area contributed by atoms with Gasteiger partial charge in [0.05, 0.1) is 0 Å². The molecule has 0 aliphatic carbocycles. The fourth-order valence-electron chi connectivity index (χ4n) is 2.01. The summed E-state index contributed by atoms with van der Waals surface area (Å²) in [4.78, 5) is 0. The topological polar surface area (TPSA) is 33.4 Å². The standard InChI is InChI=1S/C15H10BrFO2/c16-12-6-5-10(17)8-11(12)15(18)14-7-9-3-1-2-4-13(9)19-14/h1-8,15,18H. The Morgan fingerprint density at radius 2 is 1.89 bits per heavy atom. The van der Waals surface area contributed by atoms with Gasteiger partial charge in [0.2, 0.25) is 0 Å². The highest BCUT2D eigenvalue weighted by Gasteiger charge is 2.18. The predicted molar refractivity (Wildman–Crippen MR) is 74.4 cm³/mol. The molecule has 0 bridgehead atoms. The number of para-hydroxylation sites is 1. The van der Waals surface area contributed by atoms with E-state index in [1.165, 1.54) is 12.1 Å². The first-order valence-corrected chi connectivity index (χ1v) is 6.56. The molecule has 0 saturated carbocycles. The Balaban J connectivity index is 2.07. The van der Waals surface area contributed by atoms with E-state index >= 15 is 0 Å². The van der Waals surface area contributed by atoms with E-state index in [0.717, 1.165) is 5.39 Å². The zero-order valence-corrected chi connectivity index (χ0v) is 11.4. The van der Waals surface area contributed by atoms with Gasteiger partial charge in [-0.15, -0.1) is 0 Å². The molecule has 1 unspecified atom stereocenters. The second-order valence-corrected chi connectivity index (χ2v) is 5.11. The average molecular weight is 321 g/mol. The van der Waals surface area contributed by atoms with Gasteiger partial charge in [-0.3, -0.25) is 0 Å². The number of hydrogen-bond donors (Lipinski definition) is 1. The monoisotopic (exact) mass is 320 g/mol. The van der Waals surface area contributed by atoms with E-state index in [1.807, 2.05) is 24.3 Å². The maximum absolute atomic E-state index is 13.3. The van der Waals surface area contributed by atoms with Crippen molar-refractivity contribution >= 4 is 26.9 Å². The zero-order chi connectivity index (χ0) is 13.4. The van der Waals surface area contributed by atoms with Gasteiger partial charge in [-0.05, 0) is 30.3 Å². The van der Waals surface area contributed by atoms with Crippen LogP contribution in [0.3, 0.4) is 0 Å². The van der Waals surface area contributed by atoms with Gasteiger partial charge in [0.1, 0.15) is 23.3 Å². The molecule has 3 aromatic rings. The summed E-state index contributed by atoms with van der Waals surface area (Å²) in [6.07, 6.45) is -1.00. The smallest absolute Gasteiger partial charge is 0.138 e. The minimum Gasteiger partial charge on any atom is -0.458 e. The fourth-order valence-corrected chi connectivity index (χ4v) is 2.48. The molecule has 0 aliphatic heterocycles. The van der Waals surface area contributed by atoms with Crippen LogP contribution in [-0.2, 0) is 0 Å².